The van der Waals surface area contributed by atoms with Gasteiger partial charge in [0.05, 0.1) is 25.4 Å². The van der Waals surface area contributed by atoms with E-state index in [0.29, 0.717) is 6.42 Å². The van der Waals surface area contributed by atoms with E-state index >= 15 is 0 Å². The highest BCUT2D eigenvalue weighted by Gasteiger charge is 2.44. The topological polar surface area (TPSA) is 149 Å². The van der Waals surface area contributed by atoms with Gasteiger partial charge in [-0.3, -0.25) is 4.79 Å². The number of hydrogen-bond donors (Lipinski definition) is 6. The standard InChI is InChI=1S/C40H75NO8/c1-3-5-7-9-10-11-12-13-14-15-16-17-18-19-20-21-22-23-24-26-27-29-34(43)33(41-36(44)30-28-25-8-6-4-2)32-48-40-39(47)38(46)37(45)35(31-42)49-40/h22-23,27,29,33-35,37-40,42-43,45-47H,3-21,24-26,28,30-32H2,1-2H3,(H,41,44)/b23-22+,29-27+. The molecule has 9 nitrogen and oxygen atoms in total. The minimum Gasteiger partial charge on any atom is -0.394 e. The van der Waals surface area contributed by atoms with Crippen molar-refractivity contribution in [3.05, 3.63) is 24.3 Å². The lowest BCUT2D eigenvalue weighted by atomic mass is 9.99. The van der Waals surface area contributed by atoms with E-state index in [9.17, 15) is 30.3 Å². The minimum absolute atomic E-state index is 0.199. The van der Waals surface area contributed by atoms with Crippen LogP contribution in [0.15, 0.2) is 24.3 Å². The molecule has 1 rings (SSSR count). The molecule has 6 N–H and O–H groups in total. The minimum atomic E-state index is -1.57. The molecule has 49 heavy (non-hydrogen) atoms. The fraction of sp³-hybridized carbons (Fsp3) is 0.875. The first kappa shape index (κ1) is 45.7. The first-order valence-corrected chi connectivity index (χ1v) is 20.1. The third-order valence-electron chi connectivity index (χ3n) is 9.53. The van der Waals surface area contributed by atoms with E-state index in [1.807, 2.05) is 6.08 Å². The zero-order valence-electron chi connectivity index (χ0n) is 31.2. The van der Waals surface area contributed by atoms with Crippen LogP contribution in [0.25, 0.3) is 0 Å². The van der Waals surface area contributed by atoms with Gasteiger partial charge in [-0.2, -0.15) is 0 Å². The number of carbonyl (C=O) groups excluding carboxylic acids is 1. The molecule has 0 aromatic carbocycles. The van der Waals surface area contributed by atoms with Crippen LogP contribution in [0.1, 0.15) is 168 Å². The van der Waals surface area contributed by atoms with Crippen molar-refractivity contribution >= 4 is 5.91 Å². The van der Waals surface area contributed by atoms with E-state index in [1.54, 1.807) is 6.08 Å². The summed E-state index contributed by atoms with van der Waals surface area (Å²) in [7, 11) is 0. The molecular formula is C40H75NO8. The maximum absolute atomic E-state index is 12.7. The predicted molar refractivity (Wildman–Crippen MR) is 198 cm³/mol. The van der Waals surface area contributed by atoms with Crippen molar-refractivity contribution in [2.75, 3.05) is 13.2 Å². The molecule has 0 bridgehead atoms. The van der Waals surface area contributed by atoms with Crippen LogP contribution in [0.4, 0.5) is 0 Å². The van der Waals surface area contributed by atoms with Crippen LogP contribution < -0.4 is 5.32 Å². The second kappa shape index (κ2) is 31.4. The maximum Gasteiger partial charge on any atom is 0.220 e. The van der Waals surface area contributed by atoms with Crippen LogP contribution in [0, 0.1) is 0 Å². The lowest BCUT2D eigenvalue weighted by Crippen LogP contribution is -2.60. The van der Waals surface area contributed by atoms with Crippen molar-refractivity contribution < 1.29 is 39.8 Å². The van der Waals surface area contributed by atoms with Crippen LogP contribution in [-0.4, -0.2) is 87.5 Å². The molecule has 0 saturated carbocycles. The highest BCUT2D eigenvalue weighted by atomic mass is 16.7. The molecule has 1 heterocycles. The van der Waals surface area contributed by atoms with Crippen molar-refractivity contribution in [1.82, 2.24) is 5.32 Å². The van der Waals surface area contributed by atoms with Crippen molar-refractivity contribution in [1.29, 1.82) is 0 Å². The number of ether oxygens (including phenoxy) is 2. The summed E-state index contributed by atoms with van der Waals surface area (Å²) in [5.74, 6) is -0.201. The largest absolute Gasteiger partial charge is 0.394 e. The predicted octanol–water partition coefficient (Wildman–Crippen LogP) is 7.16. The molecule has 288 valence electrons. The third-order valence-corrected chi connectivity index (χ3v) is 9.53. The lowest BCUT2D eigenvalue weighted by Gasteiger charge is -2.40. The van der Waals surface area contributed by atoms with E-state index in [4.69, 9.17) is 9.47 Å². The zero-order chi connectivity index (χ0) is 36.0. The molecule has 1 aliphatic heterocycles. The average Bonchev–Trinajstić information content (AvgIpc) is 3.10. The Morgan fingerprint density at radius 1 is 0.673 bits per heavy atom. The van der Waals surface area contributed by atoms with E-state index in [0.717, 1.165) is 51.4 Å². The Labute approximate surface area is 298 Å². The number of amides is 1. The molecule has 7 unspecified atom stereocenters. The molecule has 1 fully saturated rings. The van der Waals surface area contributed by atoms with E-state index in [-0.39, 0.29) is 12.5 Å². The van der Waals surface area contributed by atoms with Gasteiger partial charge in [0, 0.05) is 6.42 Å². The first-order chi connectivity index (χ1) is 23.8. The van der Waals surface area contributed by atoms with Gasteiger partial charge in [0.1, 0.15) is 24.4 Å². The summed E-state index contributed by atoms with van der Waals surface area (Å²) >= 11 is 0. The fourth-order valence-corrected chi connectivity index (χ4v) is 6.23. The zero-order valence-corrected chi connectivity index (χ0v) is 31.2. The Morgan fingerprint density at radius 2 is 1.16 bits per heavy atom. The lowest BCUT2D eigenvalue weighted by molar-refractivity contribution is -0.302. The van der Waals surface area contributed by atoms with Gasteiger partial charge in [0.25, 0.3) is 0 Å². The Morgan fingerprint density at radius 3 is 1.71 bits per heavy atom. The molecule has 1 aliphatic rings. The molecule has 1 amide bonds. The Kier molecular flexibility index (Phi) is 29.3. The van der Waals surface area contributed by atoms with Gasteiger partial charge < -0.3 is 40.3 Å². The summed E-state index contributed by atoms with van der Waals surface area (Å²) in [5.41, 5.74) is 0. The molecule has 9 heteroatoms. The van der Waals surface area contributed by atoms with E-state index in [1.165, 1.54) is 96.3 Å². The summed E-state index contributed by atoms with van der Waals surface area (Å²) in [5, 5.41) is 53.6. The number of nitrogens with one attached hydrogen (secondary N) is 1. The van der Waals surface area contributed by atoms with Crippen molar-refractivity contribution in [2.45, 2.75) is 211 Å². The summed E-state index contributed by atoms with van der Waals surface area (Å²) in [6.45, 7) is 3.65. The molecule has 0 radical (unpaired) electrons. The van der Waals surface area contributed by atoms with Gasteiger partial charge in [-0.05, 0) is 32.1 Å². The number of carbonyl (C=O) groups is 1. The van der Waals surface area contributed by atoms with Crippen LogP contribution in [0.2, 0.25) is 0 Å². The Hall–Kier alpha value is -1.33. The van der Waals surface area contributed by atoms with Crippen LogP contribution in [-0.2, 0) is 14.3 Å². The normalized spacial score (nSPS) is 22.6. The molecule has 0 aromatic rings. The smallest absolute Gasteiger partial charge is 0.220 e. The first-order valence-electron chi connectivity index (χ1n) is 20.1. The summed E-state index contributed by atoms with van der Waals surface area (Å²) < 4.78 is 11.1. The van der Waals surface area contributed by atoms with Gasteiger partial charge >= 0.3 is 0 Å². The van der Waals surface area contributed by atoms with Gasteiger partial charge in [-0.1, -0.05) is 154 Å². The Bertz CT molecular complexity index is 822. The molecule has 0 aliphatic carbocycles. The molecule has 1 saturated heterocycles. The number of unbranched alkanes of at least 4 members (excludes halogenated alkanes) is 20. The quantitative estimate of drug-likeness (QED) is 0.0320. The van der Waals surface area contributed by atoms with Crippen molar-refractivity contribution in [3.8, 4) is 0 Å². The molecular weight excluding hydrogens is 622 g/mol. The maximum atomic E-state index is 12.7. The van der Waals surface area contributed by atoms with Gasteiger partial charge in [0.2, 0.25) is 5.91 Å². The third kappa shape index (κ3) is 23.0. The van der Waals surface area contributed by atoms with Crippen LogP contribution in [0.3, 0.4) is 0 Å². The summed E-state index contributed by atoms with van der Waals surface area (Å²) in [6, 6.07) is -0.813. The van der Waals surface area contributed by atoms with E-state index < -0.39 is 49.5 Å². The number of aliphatic hydroxyl groups is 5. The molecule has 0 aromatic heterocycles. The SMILES string of the molecule is CCCCCCCCCCCCCCCCC/C=C/CC/C=C/C(O)C(COC1OC(CO)C(O)C(O)C1O)NC(=O)CCCCCCC. The van der Waals surface area contributed by atoms with Gasteiger partial charge in [-0.15, -0.1) is 0 Å². The fourth-order valence-electron chi connectivity index (χ4n) is 6.23. The summed E-state index contributed by atoms with van der Waals surface area (Å²) in [6.07, 6.45) is 28.5. The summed E-state index contributed by atoms with van der Waals surface area (Å²) in [4.78, 5) is 12.7. The van der Waals surface area contributed by atoms with Gasteiger partial charge in [0.15, 0.2) is 6.29 Å². The number of aliphatic hydroxyl groups excluding tert-OH is 5. The number of rotatable bonds is 32. The number of hydrogen-bond acceptors (Lipinski definition) is 8. The second-order valence-corrected chi connectivity index (χ2v) is 14.1. The average molecular weight is 698 g/mol. The van der Waals surface area contributed by atoms with Gasteiger partial charge in [-0.25, -0.2) is 0 Å². The number of allylic oxidation sites excluding steroid dienone is 3. The molecule has 0 spiro atoms. The van der Waals surface area contributed by atoms with E-state index in [2.05, 4.69) is 31.3 Å². The highest BCUT2D eigenvalue weighted by Crippen LogP contribution is 2.22. The highest BCUT2D eigenvalue weighted by molar-refractivity contribution is 5.76. The van der Waals surface area contributed by atoms with Crippen LogP contribution in [0.5, 0.6) is 0 Å². The Balaban J connectivity index is 2.31. The monoisotopic (exact) mass is 698 g/mol. The molecule has 7 atom stereocenters. The second-order valence-electron chi connectivity index (χ2n) is 14.1. The van der Waals surface area contributed by atoms with Crippen molar-refractivity contribution in [2.24, 2.45) is 0 Å². The van der Waals surface area contributed by atoms with Crippen molar-refractivity contribution in [3.63, 3.8) is 0 Å². The van der Waals surface area contributed by atoms with Crippen LogP contribution >= 0.6 is 0 Å².